The van der Waals surface area contributed by atoms with Crippen molar-refractivity contribution in [3.05, 3.63) is 65.2 Å². The predicted octanol–water partition coefficient (Wildman–Crippen LogP) is 1.91. The van der Waals surface area contributed by atoms with Crippen LogP contribution >= 0.6 is 0 Å². The highest BCUT2D eigenvalue weighted by Crippen LogP contribution is 2.14. The van der Waals surface area contributed by atoms with E-state index in [0.717, 1.165) is 0 Å². The lowest BCUT2D eigenvalue weighted by Gasteiger charge is -2.15. The Morgan fingerprint density at radius 2 is 1.88 bits per heavy atom. The van der Waals surface area contributed by atoms with E-state index in [-0.39, 0.29) is 17.7 Å². The number of aliphatic carboxylic acids is 1. The van der Waals surface area contributed by atoms with E-state index in [9.17, 15) is 19.5 Å². The zero-order valence-electron chi connectivity index (χ0n) is 13.9. The number of ether oxygens (including phenoxy) is 1. The summed E-state index contributed by atoms with van der Waals surface area (Å²) in [7, 11) is 0. The summed E-state index contributed by atoms with van der Waals surface area (Å²) in [5.74, 6) is -2.10. The molecular weight excluding hydrogens is 336 g/mol. The Hall–Kier alpha value is -3.66. The molecule has 0 spiro atoms. The van der Waals surface area contributed by atoms with Crippen molar-refractivity contribution < 1.29 is 24.2 Å². The van der Waals surface area contributed by atoms with Crippen molar-refractivity contribution in [3.8, 4) is 11.8 Å². The van der Waals surface area contributed by atoms with Gasteiger partial charge in [-0.25, -0.2) is 4.79 Å². The van der Waals surface area contributed by atoms with Gasteiger partial charge in [0.15, 0.2) is 0 Å². The second-order valence-electron chi connectivity index (χ2n) is 5.50. The van der Waals surface area contributed by atoms with Crippen molar-refractivity contribution in [1.82, 2.24) is 5.32 Å². The lowest BCUT2D eigenvalue weighted by atomic mass is 10.0. The van der Waals surface area contributed by atoms with E-state index in [1.165, 1.54) is 31.2 Å². The van der Waals surface area contributed by atoms with Gasteiger partial charge >= 0.3 is 11.9 Å². The molecule has 0 aliphatic heterocycles. The van der Waals surface area contributed by atoms with E-state index in [1.54, 1.807) is 24.3 Å². The first-order valence-corrected chi connectivity index (χ1v) is 7.70. The number of hydrogen-bond donors (Lipinski definition) is 2. The SMILES string of the molecule is CC(=O)Oc1cccc(C(=O)N[C@H](Cc2ccc(C#N)cc2)C(=O)O)c1. The van der Waals surface area contributed by atoms with E-state index in [1.807, 2.05) is 6.07 Å². The average molecular weight is 352 g/mol. The summed E-state index contributed by atoms with van der Waals surface area (Å²) < 4.78 is 4.91. The van der Waals surface area contributed by atoms with Crippen LogP contribution in [0, 0.1) is 11.3 Å². The van der Waals surface area contributed by atoms with Crippen molar-refractivity contribution in [3.63, 3.8) is 0 Å². The zero-order valence-corrected chi connectivity index (χ0v) is 13.9. The van der Waals surface area contributed by atoms with Crippen LogP contribution in [0.1, 0.15) is 28.4 Å². The van der Waals surface area contributed by atoms with Gasteiger partial charge in [-0.2, -0.15) is 5.26 Å². The van der Waals surface area contributed by atoms with E-state index in [0.29, 0.717) is 11.1 Å². The fourth-order valence-electron chi connectivity index (χ4n) is 2.26. The Bertz CT molecular complexity index is 868. The van der Waals surface area contributed by atoms with Crippen molar-refractivity contribution in [2.75, 3.05) is 0 Å². The first kappa shape index (κ1) is 18.7. The largest absolute Gasteiger partial charge is 0.480 e. The van der Waals surface area contributed by atoms with Crippen LogP contribution in [0.15, 0.2) is 48.5 Å². The van der Waals surface area contributed by atoms with Crippen molar-refractivity contribution >= 4 is 17.8 Å². The molecule has 0 aliphatic carbocycles. The van der Waals surface area contributed by atoms with Crippen LogP contribution in [0.5, 0.6) is 5.75 Å². The molecule has 0 aliphatic rings. The Morgan fingerprint density at radius 3 is 2.46 bits per heavy atom. The van der Waals surface area contributed by atoms with Crippen molar-refractivity contribution in [1.29, 1.82) is 5.26 Å². The van der Waals surface area contributed by atoms with Gasteiger partial charge in [0.05, 0.1) is 11.6 Å². The number of carbonyl (C=O) groups is 3. The second kappa shape index (κ2) is 8.44. The predicted molar refractivity (Wildman–Crippen MR) is 91.5 cm³/mol. The lowest BCUT2D eigenvalue weighted by molar-refractivity contribution is -0.139. The van der Waals surface area contributed by atoms with Gasteiger partial charge in [-0.1, -0.05) is 18.2 Å². The number of carbonyl (C=O) groups excluding carboxylic acids is 2. The molecule has 2 aromatic rings. The fraction of sp³-hybridized carbons (Fsp3) is 0.158. The van der Waals surface area contributed by atoms with Gasteiger partial charge in [-0.05, 0) is 35.9 Å². The molecule has 2 rings (SSSR count). The maximum atomic E-state index is 12.3. The molecule has 132 valence electrons. The topological polar surface area (TPSA) is 116 Å². The summed E-state index contributed by atoms with van der Waals surface area (Å²) in [4.78, 5) is 34.8. The number of benzene rings is 2. The molecule has 1 atom stereocenters. The number of amides is 1. The van der Waals surface area contributed by atoms with Crippen LogP contribution in [0.2, 0.25) is 0 Å². The molecule has 1 amide bonds. The van der Waals surface area contributed by atoms with Crippen LogP contribution in [-0.2, 0) is 16.0 Å². The minimum atomic E-state index is -1.18. The monoisotopic (exact) mass is 352 g/mol. The van der Waals surface area contributed by atoms with Crippen LogP contribution < -0.4 is 10.1 Å². The minimum absolute atomic E-state index is 0.0659. The Morgan fingerprint density at radius 1 is 1.19 bits per heavy atom. The quantitative estimate of drug-likeness (QED) is 0.606. The molecule has 0 heterocycles. The average Bonchev–Trinajstić information content (AvgIpc) is 2.61. The van der Waals surface area contributed by atoms with E-state index < -0.39 is 23.9 Å². The number of hydrogen-bond acceptors (Lipinski definition) is 5. The van der Waals surface area contributed by atoms with Gasteiger partial charge < -0.3 is 15.2 Å². The molecule has 0 unspecified atom stereocenters. The highest BCUT2D eigenvalue weighted by atomic mass is 16.5. The second-order valence-corrected chi connectivity index (χ2v) is 5.50. The fourth-order valence-corrected chi connectivity index (χ4v) is 2.26. The first-order valence-electron chi connectivity index (χ1n) is 7.70. The molecule has 0 saturated heterocycles. The van der Waals surface area contributed by atoms with E-state index in [2.05, 4.69) is 5.32 Å². The number of esters is 1. The van der Waals surface area contributed by atoms with E-state index in [4.69, 9.17) is 10.00 Å². The number of rotatable bonds is 6. The normalized spacial score (nSPS) is 11.1. The third-order valence-electron chi connectivity index (χ3n) is 3.48. The molecule has 0 radical (unpaired) electrons. The summed E-state index contributed by atoms with van der Waals surface area (Å²) in [5.41, 5.74) is 1.31. The maximum Gasteiger partial charge on any atom is 0.326 e. The summed E-state index contributed by atoms with van der Waals surface area (Å²) in [6.07, 6.45) is 0.0659. The van der Waals surface area contributed by atoms with Gasteiger partial charge in [0, 0.05) is 18.9 Å². The molecule has 26 heavy (non-hydrogen) atoms. The van der Waals surface area contributed by atoms with Crippen LogP contribution in [0.3, 0.4) is 0 Å². The third-order valence-corrected chi connectivity index (χ3v) is 3.48. The summed E-state index contributed by atoms with van der Waals surface area (Å²) in [6, 6.07) is 13.2. The Kier molecular flexibility index (Phi) is 6.06. The molecule has 7 nitrogen and oxygen atoms in total. The lowest BCUT2D eigenvalue weighted by Crippen LogP contribution is -2.42. The summed E-state index contributed by atoms with van der Waals surface area (Å²) in [5, 5.41) is 20.6. The maximum absolute atomic E-state index is 12.3. The molecule has 0 bridgehead atoms. The molecule has 0 saturated carbocycles. The zero-order chi connectivity index (χ0) is 19.1. The highest BCUT2D eigenvalue weighted by Gasteiger charge is 2.21. The number of nitrogens with one attached hydrogen (secondary N) is 1. The highest BCUT2D eigenvalue weighted by molar-refractivity contribution is 5.97. The van der Waals surface area contributed by atoms with Gasteiger partial charge in [0.1, 0.15) is 11.8 Å². The minimum Gasteiger partial charge on any atom is -0.480 e. The molecular formula is C19H16N2O5. The molecule has 2 aromatic carbocycles. The van der Waals surface area contributed by atoms with Crippen molar-refractivity contribution in [2.45, 2.75) is 19.4 Å². The number of carboxylic acids is 1. The summed E-state index contributed by atoms with van der Waals surface area (Å²) >= 11 is 0. The summed E-state index contributed by atoms with van der Waals surface area (Å²) in [6.45, 7) is 1.24. The standard InChI is InChI=1S/C19H16N2O5/c1-12(22)26-16-4-2-3-15(10-16)18(23)21-17(19(24)25)9-13-5-7-14(11-20)8-6-13/h2-8,10,17H,9H2,1H3,(H,21,23)(H,24,25)/t17-/m1/s1. The van der Waals surface area contributed by atoms with Crippen molar-refractivity contribution in [2.24, 2.45) is 0 Å². The molecule has 0 fully saturated rings. The van der Waals surface area contributed by atoms with Crippen LogP contribution in [-0.4, -0.2) is 29.0 Å². The third kappa shape index (κ3) is 5.18. The number of carboxylic acid groups (broad SMARTS) is 1. The number of nitriles is 1. The Balaban J connectivity index is 2.11. The van der Waals surface area contributed by atoms with Crippen LogP contribution in [0.4, 0.5) is 0 Å². The number of nitrogens with zero attached hydrogens (tertiary/aromatic N) is 1. The van der Waals surface area contributed by atoms with Gasteiger partial charge in [-0.3, -0.25) is 9.59 Å². The smallest absolute Gasteiger partial charge is 0.326 e. The first-order chi connectivity index (χ1) is 12.4. The van der Waals surface area contributed by atoms with Gasteiger partial charge in [-0.15, -0.1) is 0 Å². The van der Waals surface area contributed by atoms with E-state index >= 15 is 0 Å². The molecule has 2 N–H and O–H groups in total. The van der Waals surface area contributed by atoms with Crippen LogP contribution in [0.25, 0.3) is 0 Å². The van der Waals surface area contributed by atoms with Gasteiger partial charge in [0.25, 0.3) is 5.91 Å². The molecule has 7 heteroatoms. The Labute approximate surface area is 149 Å². The molecule has 0 aromatic heterocycles. The van der Waals surface area contributed by atoms with Gasteiger partial charge in [0.2, 0.25) is 0 Å².